The van der Waals surface area contributed by atoms with Gasteiger partial charge >= 0.3 is 0 Å². The molecular weight excluding hydrogens is 314 g/mol. The van der Waals surface area contributed by atoms with E-state index in [0.29, 0.717) is 17.4 Å². The molecule has 20 heavy (non-hydrogen) atoms. The van der Waals surface area contributed by atoms with Gasteiger partial charge in [-0.3, -0.25) is 0 Å². The van der Waals surface area contributed by atoms with Gasteiger partial charge in [0.1, 0.15) is 16.2 Å². The fraction of sp³-hybridized carbons (Fsp3) is 0.750. The maximum Gasteiger partial charge on any atom is 0.135 e. The van der Waals surface area contributed by atoms with E-state index in [1.54, 1.807) is 0 Å². The van der Waals surface area contributed by atoms with Crippen molar-refractivity contribution in [1.29, 1.82) is 0 Å². The van der Waals surface area contributed by atoms with E-state index in [0.717, 1.165) is 16.2 Å². The molecule has 3 nitrogen and oxygen atoms in total. The van der Waals surface area contributed by atoms with Gasteiger partial charge < -0.3 is 4.90 Å². The van der Waals surface area contributed by atoms with Crippen molar-refractivity contribution < 1.29 is 0 Å². The summed E-state index contributed by atoms with van der Waals surface area (Å²) >= 11 is 3.54. The first-order valence-corrected chi connectivity index (χ1v) is 8.51. The van der Waals surface area contributed by atoms with Gasteiger partial charge in [-0.05, 0) is 59.9 Å². The Morgan fingerprint density at radius 2 is 1.80 bits per heavy atom. The number of anilines is 1. The summed E-state index contributed by atoms with van der Waals surface area (Å²) in [5.74, 6) is 2.71. The van der Waals surface area contributed by atoms with E-state index in [1.165, 1.54) is 38.5 Å². The second-order valence-electron chi connectivity index (χ2n) is 7.19. The quantitative estimate of drug-likeness (QED) is 0.759. The van der Waals surface area contributed by atoms with Crippen molar-refractivity contribution in [3.63, 3.8) is 0 Å². The summed E-state index contributed by atoms with van der Waals surface area (Å²) in [6, 6.07) is 2.68. The van der Waals surface area contributed by atoms with Gasteiger partial charge in [0.25, 0.3) is 0 Å². The summed E-state index contributed by atoms with van der Waals surface area (Å²) in [5, 5.41) is 0. The fourth-order valence-electron chi connectivity index (χ4n) is 3.09. The minimum absolute atomic E-state index is 0.517. The summed E-state index contributed by atoms with van der Waals surface area (Å²) in [7, 11) is 2.19. The zero-order chi connectivity index (χ0) is 14.3. The van der Waals surface area contributed by atoms with Crippen LogP contribution < -0.4 is 4.90 Å². The van der Waals surface area contributed by atoms with Crippen molar-refractivity contribution in [2.24, 2.45) is 5.41 Å². The van der Waals surface area contributed by atoms with Gasteiger partial charge in [0.05, 0.1) is 0 Å². The molecule has 0 bridgehead atoms. The molecule has 0 saturated heterocycles. The van der Waals surface area contributed by atoms with Crippen molar-refractivity contribution in [2.75, 3.05) is 11.9 Å². The number of hydrogen-bond donors (Lipinski definition) is 0. The van der Waals surface area contributed by atoms with E-state index in [1.807, 2.05) is 0 Å². The Labute approximate surface area is 130 Å². The van der Waals surface area contributed by atoms with E-state index in [2.05, 4.69) is 52.8 Å². The first-order chi connectivity index (χ1) is 9.44. The van der Waals surface area contributed by atoms with Gasteiger partial charge in [-0.25, -0.2) is 9.97 Å². The summed E-state index contributed by atoms with van der Waals surface area (Å²) in [4.78, 5) is 11.7. The maximum absolute atomic E-state index is 4.79. The second-order valence-corrected chi connectivity index (χ2v) is 8.00. The zero-order valence-electron chi connectivity index (χ0n) is 12.7. The van der Waals surface area contributed by atoms with Gasteiger partial charge in [-0.15, -0.1) is 0 Å². The molecule has 0 atom stereocenters. The summed E-state index contributed by atoms with van der Waals surface area (Å²) in [6.07, 6.45) is 7.65. The number of halogens is 1. The molecule has 2 aliphatic carbocycles. The molecule has 3 rings (SSSR count). The van der Waals surface area contributed by atoms with Crippen LogP contribution in [0.2, 0.25) is 0 Å². The third-order valence-corrected chi connectivity index (χ3v) is 5.27. The lowest BCUT2D eigenvalue weighted by Crippen LogP contribution is -2.37. The largest absolute Gasteiger partial charge is 0.357 e. The lowest BCUT2D eigenvalue weighted by molar-refractivity contribution is 0.222. The first kappa shape index (κ1) is 14.3. The van der Waals surface area contributed by atoms with Crippen molar-refractivity contribution in [3.05, 3.63) is 16.5 Å². The van der Waals surface area contributed by atoms with Crippen LogP contribution in [0.25, 0.3) is 0 Å². The van der Waals surface area contributed by atoms with Gasteiger partial charge in [-0.2, -0.15) is 0 Å². The number of hydrogen-bond acceptors (Lipinski definition) is 3. The van der Waals surface area contributed by atoms with Crippen molar-refractivity contribution in [3.8, 4) is 0 Å². The summed E-state index contributed by atoms with van der Waals surface area (Å²) < 4.78 is 0.924. The molecule has 0 aromatic carbocycles. The average Bonchev–Trinajstić information content (AvgIpc) is 3.21. The lowest BCUT2D eigenvalue weighted by Gasteiger charge is -2.39. The van der Waals surface area contributed by atoms with Gasteiger partial charge in [0, 0.05) is 25.1 Å². The predicted octanol–water partition coefficient (Wildman–Crippen LogP) is 4.52. The van der Waals surface area contributed by atoms with Crippen LogP contribution in [0, 0.1) is 5.41 Å². The molecule has 2 saturated carbocycles. The maximum atomic E-state index is 4.79. The number of nitrogens with zero attached hydrogens (tertiary/aromatic N) is 3. The highest BCUT2D eigenvalue weighted by molar-refractivity contribution is 9.10. The zero-order valence-corrected chi connectivity index (χ0v) is 14.3. The molecule has 0 spiro atoms. The molecule has 0 aliphatic heterocycles. The Bertz CT molecular complexity index is 486. The van der Waals surface area contributed by atoms with Crippen LogP contribution in [0.1, 0.15) is 64.1 Å². The molecule has 0 N–H and O–H groups in total. The van der Waals surface area contributed by atoms with Crippen LogP contribution in [-0.4, -0.2) is 23.1 Å². The molecule has 2 fully saturated rings. The summed E-state index contributed by atoms with van der Waals surface area (Å²) in [6.45, 7) is 4.77. The molecule has 0 amide bonds. The SMILES string of the molecule is CN(c1cc(Br)nc(C2CC2)n1)C1CCC(C)(C)CC1. The Balaban J connectivity index is 1.75. The van der Waals surface area contributed by atoms with Crippen molar-refractivity contribution in [1.82, 2.24) is 9.97 Å². The monoisotopic (exact) mass is 337 g/mol. The normalized spacial score (nSPS) is 22.8. The Kier molecular flexibility index (Phi) is 3.78. The minimum atomic E-state index is 0.517. The molecule has 1 aromatic heterocycles. The van der Waals surface area contributed by atoms with Crippen LogP contribution in [0.4, 0.5) is 5.82 Å². The second kappa shape index (κ2) is 5.28. The van der Waals surface area contributed by atoms with E-state index in [-0.39, 0.29) is 0 Å². The van der Waals surface area contributed by atoms with Crippen LogP contribution in [0.5, 0.6) is 0 Å². The molecule has 1 aromatic rings. The van der Waals surface area contributed by atoms with Gasteiger partial charge in [-0.1, -0.05) is 13.8 Å². The van der Waals surface area contributed by atoms with Gasteiger partial charge in [0.2, 0.25) is 0 Å². The molecule has 0 radical (unpaired) electrons. The van der Waals surface area contributed by atoms with Gasteiger partial charge in [0.15, 0.2) is 0 Å². The van der Waals surface area contributed by atoms with Crippen LogP contribution in [-0.2, 0) is 0 Å². The Hall–Kier alpha value is -0.640. The topological polar surface area (TPSA) is 29.0 Å². The van der Waals surface area contributed by atoms with Crippen molar-refractivity contribution in [2.45, 2.75) is 64.3 Å². The average molecular weight is 338 g/mol. The van der Waals surface area contributed by atoms with Crippen LogP contribution in [0.3, 0.4) is 0 Å². The highest BCUT2D eigenvalue weighted by atomic mass is 79.9. The molecule has 4 heteroatoms. The predicted molar refractivity (Wildman–Crippen MR) is 86.1 cm³/mol. The molecular formula is C16H24BrN3. The highest BCUT2D eigenvalue weighted by Crippen LogP contribution is 2.40. The highest BCUT2D eigenvalue weighted by Gasteiger charge is 2.31. The lowest BCUT2D eigenvalue weighted by atomic mass is 9.75. The molecule has 110 valence electrons. The van der Waals surface area contributed by atoms with E-state index >= 15 is 0 Å². The minimum Gasteiger partial charge on any atom is -0.357 e. The van der Waals surface area contributed by atoms with E-state index < -0.39 is 0 Å². The third kappa shape index (κ3) is 3.16. The van der Waals surface area contributed by atoms with Crippen LogP contribution in [0.15, 0.2) is 10.7 Å². The Morgan fingerprint density at radius 3 is 2.40 bits per heavy atom. The summed E-state index contributed by atoms with van der Waals surface area (Å²) in [5.41, 5.74) is 0.517. The molecule has 2 aliphatic rings. The van der Waals surface area contributed by atoms with Crippen molar-refractivity contribution >= 4 is 21.7 Å². The third-order valence-electron chi connectivity index (χ3n) is 4.86. The number of rotatable bonds is 3. The number of aromatic nitrogens is 2. The Morgan fingerprint density at radius 1 is 1.15 bits per heavy atom. The van der Waals surface area contributed by atoms with E-state index in [4.69, 9.17) is 4.98 Å². The van der Waals surface area contributed by atoms with Crippen LogP contribution >= 0.6 is 15.9 Å². The van der Waals surface area contributed by atoms with E-state index in [9.17, 15) is 0 Å². The fourth-order valence-corrected chi connectivity index (χ4v) is 3.47. The molecule has 0 unspecified atom stereocenters. The molecule has 1 heterocycles. The first-order valence-electron chi connectivity index (χ1n) is 7.72. The standard InChI is InChI=1S/C16H24BrN3/c1-16(2)8-6-12(7-9-16)20(3)14-10-13(17)18-15(19-14)11-4-5-11/h10-12H,4-9H2,1-3H3. The smallest absolute Gasteiger partial charge is 0.135 e.